The van der Waals surface area contributed by atoms with Gasteiger partial charge in [0.15, 0.2) is 0 Å². The van der Waals surface area contributed by atoms with Gasteiger partial charge in [-0.3, -0.25) is 0 Å². The van der Waals surface area contributed by atoms with Crippen LogP contribution in [0.4, 0.5) is 0 Å². The largest absolute Gasteiger partial charge is 0.0616 e. The predicted octanol–water partition coefficient (Wildman–Crippen LogP) is 20.9. The zero-order valence-electron chi connectivity index (χ0n) is 40.6. The van der Waals surface area contributed by atoms with Crippen LogP contribution in [0.5, 0.6) is 0 Å². The molecule has 0 aromatic heterocycles. The smallest absolute Gasteiger partial charge is 0.00201 e. The van der Waals surface area contributed by atoms with E-state index in [2.05, 4.69) is 279 Å². The molecule has 0 radical (unpaired) electrons. The Labute approximate surface area is 429 Å². The summed E-state index contributed by atoms with van der Waals surface area (Å²) in [6, 6.07) is 104. The molecule has 15 aromatic rings. The molecule has 0 heterocycles. The van der Waals surface area contributed by atoms with Crippen molar-refractivity contribution in [1.82, 2.24) is 0 Å². The van der Waals surface area contributed by atoms with Gasteiger partial charge >= 0.3 is 0 Å². The van der Waals surface area contributed by atoms with Crippen LogP contribution in [0.15, 0.2) is 279 Å². The van der Waals surface area contributed by atoms with E-state index in [1.54, 1.807) is 0 Å². The average Bonchev–Trinajstić information content (AvgIpc) is 3.47. The van der Waals surface area contributed by atoms with Crippen molar-refractivity contribution in [2.45, 2.75) is 0 Å². The van der Waals surface area contributed by atoms with Crippen molar-refractivity contribution in [3.63, 3.8) is 0 Å². The van der Waals surface area contributed by atoms with E-state index in [1.807, 2.05) is 0 Å². The Morgan fingerprint density at radius 3 is 0.986 bits per heavy atom. The van der Waals surface area contributed by atoms with Crippen LogP contribution in [0.2, 0.25) is 0 Å². The summed E-state index contributed by atoms with van der Waals surface area (Å²) in [5.41, 5.74) is 14.9. The monoisotopic (exact) mass is 934 g/mol. The SMILES string of the molecule is c1cc(-c2cccc3cc(-c4ccc5c(-c6c7ccccc7c(-c7ccc8ccccc8c7)c7ccccc67)cccc5c4)ccc23)cc(-c2c3ccccc3c(-c3cccc4ccccc34)c3ccccc23)c1. The minimum Gasteiger partial charge on any atom is -0.0616 e. The summed E-state index contributed by atoms with van der Waals surface area (Å²) >= 11 is 0. The first-order valence-electron chi connectivity index (χ1n) is 25.7. The molecule has 0 aliphatic carbocycles. The van der Waals surface area contributed by atoms with Gasteiger partial charge in [0.25, 0.3) is 0 Å². The van der Waals surface area contributed by atoms with E-state index >= 15 is 0 Å². The lowest BCUT2D eigenvalue weighted by molar-refractivity contribution is 1.63. The summed E-state index contributed by atoms with van der Waals surface area (Å²) in [4.78, 5) is 0. The number of hydrogen-bond donors (Lipinski definition) is 0. The third-order valence-corrected chi connectivity index (χ3v) is 15.8. The van der Waals surface area contributed by atoms with Crippen molar-refractivity contribution in [2.75, 3.05) is 0 Å². The number of rotatable bonds is 6. The highest BCUT2D eigenvalue weighted by atomic mass is 14.2. The fraction of sp³-hybridized carbons (Fsp3) is 0. The fourth-order valence-corrected chi connectivity index (χ4v) is 12.5. The number of fused-ring (bicyclic) bond motifs is 8. The highest BCUT2D eigenvalue weighted by molar-refractivity contribution is 6.25. The molecule has 0 bridgehead atoms. The standard InChI is InChI=1S/C74H46/c1-2-19-49-45-56(38-37-47(49)17-1)72-65-28-7-11-32-69(65)74(70-33-12-8-29-66(70)72)62-36-16-23-53-44-51(40-42-60(53)62)50-39-41-59-52(43-50)22-15-34-58(59)54-21-13-24-55(46-54)71-63-26-5-9-30-67(63)73(68-31-10-6-27-64(68)71)61-35-14-20-48-18-3-4-25-57(48)61/h1-46H. The topological polar surface area (TPSA) is 0 Å². The summed E-state index contributed by atoms with van der Waals surface area (Å²) < 4.78 is 0. The Kier molecular flexibility index (Phi) is 9.68. The van der Waals surface area contributed by atoms with E-state index in [0.717, 1.165) is 0 Å². The van der Waals surface area contributed by atoms with E-state index in [0.29, 0.717) is 0 Å². The molecule has 15 rings (SSSR count). The zero-order valence-corrected chi connectivity index (χ0v) is 40.6. The Morgan fingerprint density at radius 1 is 0.135 bits per heavy atom. The predicted molar refractivity (Wildman–Crippen MR) is 319 cm³/mol. The summed E-state index contributed by atoms with van der Waals surface area (Å²) in [7, 11) is 0. The molecule has 0 heteroatoms. The summed E-state index contributed by atoms with van der Waals surface area (Å²) in [6.45, 7) is 0. The normalized spacial score (nSPS) is 11.8. The van der Waals surface area contributed by atoms with Gasteiger partial charge in [0.2, 0.25) is 0 Å². The van der Waals surface area contributed by atoms with Crippen LogP contribution >= 0.6 is 0 Å². The Balaban J connectivity index is 0.822. The van der Waals surface area contributed by atoms with Gasteiger partial charge in [0.1, 0.15) is 0 Å². The molecule has 0 saturated carbocycles. The van der Waals surface area contributed by atoms with Crippen LogP contribution in [-0.2, 0) is 0 Å². The maximum absolute atomic E-state index is 2.40. The van der Waals surface area contributed by atoms with Gasteiger partial charge in [-0.2, -0.15) is 0 Å². The van der Waals surface area contributed by atoms with Gasteiger partial charge in [-0.15, -0.1) is 0 Å². The quantitative estimate of drug-likeness (QED) is 0.146. The van der Waals surface area contributed by atoms with Gasteiger partial charge in [-0.05, 0) is 177 Å². The molecule has 0 saturated heterocycles. The van der Waals surface area contributed by atoms with E-state index < -0.39 is 0 Å². The molecule has 74 heavy (non-hydrogen) atoms. The molecule has 0 aliphatic rings. The van der Waals surface area contributed by atoms with E-state index in [-0.39, 0.29) is 0 Å². The molecule has 0 fully saturated rings. The first-order chi connectivity index (χ1) is 36.7. The van der Waals surface area contributed by atoms with Crippen LogP contribution in [0.1, 0.15) is 0 Å². The van der Waals surface area contributed by atoms with Crippen LogP contribution in [0.3, 0.4) is 0 Å². The maximum Gasteiger partial charge on any atom is -0.00201 e. The lowest BCUT2D eigenvalue weighted by Crippen LogP contribution is -1.92. The van der Waals surface area contributed by atoms with Gasteiger partial charge in [0.05, 0.1) is 0 Å². The third kappa shape index (κ3) is 6.69. The second kappa shape index (κ2) is 17.0. The second-order valence-electron chi connectivity index (χ2n) is 19.8. The average molecular weight is 935 g/mol. The van der Waals surface area contributed by atoms with Crippen LogP contribution < -0.4 is 0 Å². The summed E-state index contributed by atoms with van der Waals surface area (Å²) in [5, 5.41) is 20.1. The Hall–Kier alpha value is -9.62. The van der Waals surface area contributed by atoms with Crippen molar-refractivity contribution in [3.05, 3.63) is 279 Å². The van der Waals surface area contributed by atoms with E-state index in [9.17, 15) is 0 Å². The van der Waals surface area contributed by atoms with Gasteiger partial charge < -0.3 is 0 Å². The number of benzene rings is 15. The number of hydrogen-bond acceptors (Lipinski definition) is 0. The molecule has 15 aromatic carbocycles. The lowest BCUT2D eigenvalue weighted by atomic mass is 9.84. The zero-order chi connectivity index (χ0) is 48.7. The maximum atomic E-state index is 2.40. The van der Waals surface area contributed by atoms with Gasteiger partial charge in [0, 0.05) is 0 Å². The molecular formula is C74H46. The second-order valence-corrected chi connectivity index (χ2v) is 19.8. The summed E-state index contributed by atoms with van der Waals surface area (Å²) in [6.07, 6.45) is 0. The third-order valence-electron chi connectivity index (χ3n) is 15.8. The molecule has 342 valence electrons. The fourth-order valence-electron chi connectivity index (χ4n) is 12.5. The lowest BCUT2D eigenvalue weighted by Gasteiger charge is -2.19. The van der Waals surface area contributed by atoms with E-state index in [4.69, 9.17) is 0 Å². The Bertz CT molecular complexity index is 4660. The molecule has 0 atom stereocenters. The minimum absolute atomic E-state index is 1.20. The molecule has 0 aliphatic heterocycles. The molecule has 0 unspecified atom stereocenters. The molecule has 0 spiro atoms. The van der Waals surface area contributed by atoms with Crippen molar-refractivity contribution in [2.24, 2.45) is 0 Å². The molecule has 0 amide bonds. The Morgan fingerprint density at radius 2 is 0.459 bits per heavy atom. The summed E-state index contributed by atoms with van der Waals surface area (Å²) in [5.74, 6) is 0. The van der Waals surface area contributed by atoms with Crippen molar-refractivity contribution in [3.8, 4) is 66.8 Å². The van der Waals surface area contributed by atoms with Crippen LogP contribution in [0.25, 0.3) is 153 Å². The first-order valence-corrected chi connectivity index (χ1v) is 25.7. The van der Waals surface area contributed by atoms with Gasteiger partial charge in [-0.1, -0.05) is 255 Å². The van der Waals surface area contributed by atoms with Crippen LogP contribution in [0, 0.1) is 0 Å². The molecule has 0 nitrogen and oxygen atoms in total. The van der Waals surface area contributed by atoms with Crippen molar-refractivity contribution >= 4 is 86.2 Å². The van der Waals surface area contributed by atoms with E-state index in [1.165, 1.54) is 153 Å². The highest BCUT2D eigenvalue weighted by Gasteiger charge is 2.21. The molecule has 0 N–H and O–H groups in total. The molecular weight excluding hydrogens is 889 g/mol. The van der Waals surface area contributed by atoms with Gasteiger partial charge in [-0.25, -0.2) is 0 Å². The van der Waals surface area contributed by atoms with Crippen LogP contribution in [-0.4, -0.2) is 0 Å². The first kappa shape index (κ1) is 42.1. The highest BCUT2D eigenvalue weighted by Crippen LogP contribution is 2.48. The minimum atomic E-state index is 1.20. The van der Waals surface area contributed by atoms with Crippen molar-refractivity contribution < 1.29 is 0 Å². The van der Waals surface area contributed by atoms with Crippen molar-refractivity contribution in [1.29, 1.82) is 0 Å².